The fourth-order valence-electron chi connectivity index (χ4n) is 4.56. The van der Waals surface area contributed by atoms with Crippen LogP contribution in [0.3, 0.4) is 0 Å². The lowest BCUT2D eigenvalue weighted by atomic mass is 9.83. The van der Waals surface area contributed by atoms with E-state index in [0.717, 1.165) is 11.8 Å². The molecule has 0 aromatic carbocycles. The minimum Gasteiger partial charge on any atom is -0.370 e. The van der Waals surface area contributed by atoms with Crippen molar-refractivity contribution >= 4 is 5.82 Å². The van der Waals surface area contributed by atoms with Crippen LogP contribution in [0.2, 0.25) is 0 Å². The Labute approximate surface area is 122 Å². The second-order valence-corrected chi connectivity index (χ2v) is 7.08. The van der Waals surface area contributed by atoms with Crippen LogP contribution in [0.15, 0.2) is 6.07 Å². The van der Waals surface area contributed by atoms with Crippen LogP contribution in [0.1, 0.15) is 81.9 Å². The van der Waals surface area contributed by atoms with E-state index in [-0.39, 0.29) is 0 Å². The van der Waals surface area contributed by atoms with Gasteiger partial charge in [-0.2, -0.15) is 5.10 Å². The van der Waals surface area contributed by atoms with Crippen molar-refractivity contribution < 1.29 is 0 Å². The highest BCUT2D eigenvalue weighted by molar-refractivity contribution is 5.41. The summed E-state index contributed by atoms with van der Waals surface area (Å²) in [5.74, 6) is 2.84. The average Bonchev–Trinajstić information content (AvgIpc) is 2.74. The molecule has 20 heavy (non-hydrogen) atoms. The van der Waals surface area contributed by atoms with Gasteiger partial charge in [0.25, 0.3) is 0 Å². The summed E-state index contributed by atoms with van der Waals surface area (Å²) in [7, 11) is 0. The number of hydrogen-bond acceptors (Lipinski definition) is 2. The van der Waals surface area contributed by atoms with Gasteiger partial charge in [-0.1, -0.05) is 38.5 Å². The lowest BCUT2D eigenvalue weighted by Crippen LogP contribution is -2.35. The predicted octanol–water partition coefficient (Wildman–Crippen LogP) is 4.48. The third kappa shape index (κ3) is 2.25. The molecule has 0 radical (unpaired) electrons. The Hall–Kier alpha value is -0.990. The molecule has 2 atom stereocenters. The molecular formula is C17H27N3. The SMILES string of the molecule is c1c(C2CCCCCC2)nn2c1NCC1CCCCC12. The lowest BCUT2D eigenvalue weighted by Gasteiger charge is -2.36. The molecule has 0 saturated heterocycles. The molecule has 1 aliphatic heterocycles. The van der Waals surface area contributed by atoms with E-state index in [1.54, 1.807) is 0 Å². The fraction of sp³-hybridized carbons (Fsp3) is 0.824. The molecule has 2 saturated carbocycles. The van der Waals surface area contributed by atoms with Crippen LogP contribution < -0.4 is 5.32 Å². The topological polar surface area (TPSA) is 29.9 Å². The summed E-state index contributed by atoms with van der Waals surface area (Å²) in [5, 5.41) is 8.69. The van der Waals surface area contributed by atoms with Gasteiger partial charge in [0.15, 0.2) is 0 Å². The second-order valence-electron chi connectivity index (χ2n) is 7.08. The van der Waals surface area contributed by atoms with E-state index in [1.807, 2.05) is 0 Å². The summed E-state index contributed by atoms with van der Waals surface area (Å²) < 4.78 is 2.35. The summed E-state index contributed by atoms with van der Waals surface area (Å²) in [6, 6.07) is 3.04. The maximum atomic E-state index is 5.05. The highest BCUT2D eigenvalue weighted by Gasteiger charge is 2.33. The van der Waals surface area contributed by atoms with Crippen molar-refractivity contribution in [2.24, 2.45) is 5.92 Å². The van der Waals surface area contributed by atoms with Crippen LogP contribution in [0.4, 0.5) is 5.82 Å². The van der Waals surface area contributed by atoms with E-state index in [9.17, 15) is 0 Å². The molecule has 3 heteroatoms. The van der Waals surface area contributed by atoms with Gasteiger partial charge in [0.05, 0.1) is 11.7 Å². The molecule has 4 rings (SSSR count). The molecule has 3 nitrogen and oxygen atoms in total. The number of nitrogens with one attached hydrogen (secondary N) is 1. The maximum absolute atomic E-state index is 5.05. The molecule has 2 unspecified atom stereocenters. The molecule has 110 valence electrons. The Morgan fingerprint density at radius 3 is 2.55 bits per heavy atom. The smallest absolute Gasteiger partial charge is 0.124 e. The van der Waals surface area contributed by atoms with Gasteiger partial charge in [-0.25, -0.2) is 4.68 Å². The average molecular weight is 273 g/mol. The third-order valence-electron chi connectivity index (χ3n) is 5.76. The normalized spacial score (nSPS) is 31.0. The zero-order valence-electron chi connectivity index (χ0n) is 12.5. The monoisotopic (exact) mass is 273 g/mol. The lowest BCUT2D eigenvalue weighted by molar-refractivity contribution is 0.221. The quantitative estimate of drug-likeness (QED) is 0.765. The molecule has 0 amide bonds. The van der Waals surface area contributed by atoms with Gasteiger partial charge < -0.3 is 5.32 Å². The minimum absolute atomic E-state index is 0.680. The summed E-state index contributed by atoms with van der Waals surface area (Å²) in [6.07, 6.45) is 13.9. The first kappa shape index (κ1) is 12.7. The first-order chi connectivity index (χ1) is 9.92. The van der Waals surface area contributed by atoms with Crippen molar-refractivity contribution in [2.75, 3.05) is 11.9 Å². The molecule has 2 heterocycles. The van der Waals surface area contributed by atoms with E-state index < -0.39 is 0 Å². The van der Waals surface area contributed by atoms with Gasteiger partial charge >= 0.3 is 0 Å². The molecule has 1 aromatic heterocycles. The van der Waals surface area contributed by atoms with Crippen molar-refractivity contribution in [1.82, 2.24) is 9.78 Å². The van der Waals surface area contributed by atoms with E-state index in [4.69, 9.17) is 5.10 Å². The molecule has 2 aliphatic carbocycles. The number of fused-ring (bicyclic) bond motifs is 3. The van der Waals surface area contributed by atoms with Gasteiger partial charge in [0.1, 0.15) is 5.82 Å². The zero-order valence-corrected chi connectivity index (χ0v) is 12.5. The fourth-order valence-corrected chi connectivity index (χ4v) is 4.56. The first-order valence-electron chi connectivity index (χ1n) is 8.75. The van der Waals surface area contributed by atoms with Crippen molar-refractivity contribution in [2.45, 2.75) is 76.2 Å². The molecule has 2 fully saturated rings. The molecule has 1 aromatic rings. The van der Waals surface area contributed by atoms with Gasteiger partial charge in [-0.15, -0.1) is 0 Å². The number of hydrogen-bond donors (Lipinski definition) is 1. The standard InChI is InChI=1S/C17H27N3/c1-2-4-8-13(7-3-1)15-11-17-18-12-14-9-5-6-10-16(14)20(17)19-15/h11,13-14,16,18H,1-10,12H2. The number of nitrogens with zero attached hydrogens (tertiary/aromatic N) is 2. The van der Waals surface area contributed by atoms with Crippen LogP contribution in [-0.4, -0.2) is 16.3 Å². The van der Waals surface area contributed by atoms with Crippen LogP contribution in [0.5, 0.6) is 0 Å². The number of aromatic nitrogens is 2. The van der Waals surface area contributed by atoms with E-state index in [2.05, 4.69) is 16.1 Å². The van der Waals surface area contributed by atoms with E-state index in [1.165, 1.54) is 82.3 Å². The van der Waals surface area contributed by atoms with E-state index >= 15 is 0 Å². The zero-order chi connectivity index (χ0) is 13.4. The Kier molecular flexibility index (Phi) is 3.45. The second kappa shape index (κ2) is 5.42. The van der Waals surface area contributed by atoms with Crippen LogP contribution >= 0.6 is 0 Å². The van der Waals surface area contributed by atoms with Gasteiger partial charge in [-0.05, 0) is 31.6 Å². The highest BCUT2D eigenvalue weighted by atomic mass is 15.4. The summed E-state index contributed by atoms with van der Waals surface area (Å²) in [5.41, 5.74) is 1.38. The van der Waals surface area contributed by atoms with Gasteiger partial charge in [0, 0.05) is 18.5 Å². The van der Waals surface area contributed by atoms with Crippen molar-refractivity contribution in [3.63, 3.8) is 0 Å². The Bertz CT molecular complexity index is 457. The van der Waals surface area contributed by atoms with Gasteiger partial charge in [0.2, 0.25) is 0 Å². The Balaban J connectivity index is 1.59. The molecule has 1 N–H and O–H groups in total. The molecule has 0 bridgehead atoms. The summed E-state index contributed by atoms with van der Waals surface area (Å²) in [4.78, 5) is 0. The number of rotatable bonds is 1. The summed E-state index contributed by atoms with van der Waals surface area (Å²) >= 11 is 0. The van der Waals surface area contributed by atoms with E-state index in [0.29, 0.717) is 6.04 Å². The van der Waals surface area contributed by atoms with Crippen LogP contribution in [-0.2, 0) is 0 Å². The van der Waals surface area contributed by atoms with Crippen molar-refractivity contribution in [3.8, 4) is 0 Å². The first-order valence-corrected chi connectivity index (χ1v) is 8.75. The largest absolute Gasteiger partial charge is 0.370 e. The highest BCUT2D eigenvalue weighted by Crippen LogP contribution is 2.40. The van der Waals surface area contributed by atoms with Crippen molar-refractivity contribution in [1.29, 1.82) is 0 Å². The molecule has 0 spiro atoms. The Morgan fingerprint density at radius 1 is 0.950 bits per heavy atom. The van der Waals surface area contributed by atoms with Crippen LogP contribution in [0, 0.1) is 5.92 Å². The van der Waals surface area contributed by atoms with Crippen molar-refractivity contribution in [3.05, 3.63) is 11.8 Å². The molecular weight excluding hydrogens is 246 g/mol. The summed E-state index contributed by atoms with van der Waals surface area (Å²) in [6.45, 7) is 1.17. The minimum atomic E-state index is 0.680. The Morgan fingerprint density at radius 2 is 1.70 bits per heavy atom. The van der Waals surface area contributed by atoms with Gasteiger partial charge in [-0.3, -0.25) is 0 Å². The number of anilines is 1. The molecule has 3 aliphatic rings. The third-order valence-corrected chi connectivity index (χ3v) is 5.76. The maximum Gasteiger partial charge on any atom is 0.124 e. The predicted molar refractivity (Wildman–Crippen MR) is 82.2 cm³/mol. The van der Waals surface area contributed by atoms with Crippen LogP contribution in [0.25, 0.3) is 0 Å².